The van der Waals surface area contributed by atoms with Crippen molar-refractivity contribution in [2.75, 3.05) is 0 Å². The summed E-state index contributed by atoms with van der Waals surface area (Å²) in [5, 5.41) is 0. The van der Waals surface area contributed by atoms with Crippen molar-refractivity contribution in [2.45, 2.75) is 6.18 Å². The van der Waals surface area contributed by atoms with E-state index in [0.717, 1.165) is 0 Å². The number of rotatable bonds is 0. The number of alkyl halides is 3. The normalized spacial score (nSPS) is 10.9. The maximum Gasteiger partial charge on any atom is 0.762 e. The number of fused-ring (bicyclic) bond motifs is 1. The predicted octanol–water partition coefficient (Wildman–Crippen LogP) is 3.09. The second-order valence-electron chi connectivity index (χ2n) is 2.78. The Morgan fingerprint density at radius 3 is 2.06 bits per heavy atom. The van der Waals surface area contributed by atoms with Gasteiger partial charge >= 0.3 is 13.7 Å². The molecule has 1 aromatic carbocycles. The molecule has 2 rings (SSSR count). The van der Waals surface area contributed by atoms with Crippen molar-refractivity contribution in [2.24, 2.45) is 0 Å². The van der Waals surface area contributed by atoms with Crippen molar-refractivity contribution in [3.05, 3.63) is 30.1 Å². The van der Waals surface area contributed by atoms with Crippen molar-refractivity contribution in [1.82, 2.24) is 9.97 Å². The molecule has 0 atom stereocenters. The number of aromatic nitrogens is 2. The third-order valence-electron chi connectivity index (χ3n) is 1.59. The van der Waals surface area contributed by atoms with Gasteiger partial charge in [-0.25, -0.2) is 0 Å². The monoisotopic (exact) mass is 253 g/mol. The average Bonchev–Trinajstić information content (AvgIpc) is 2.59. The lowest BCUT2D eigenvalue weighted by molar-refractivity contribution is -0.144. The maximum atomic E-state index is 12.1. The summed E-state index contributed by atoms with van der Waals surface area (Å²) in [4.78, 5) is 6.70. The summed E-state index contributed by atoms with van der Waals surface area (Å²) < 4.78 is 65.3. The van der Waals surface area contributed by atoms with Gasteiger partial charge in [0.2, 0.25) is 0 Å². The van der Waals surface area contributed by atoms with E-state index in [4.69, 9.17) is 0 Å². The molecule has 0 saturated heterocycles. The second-order valence-corrected chi connectivity index (χ2v) is 2.78. The molecule has 0 unspecified atom stereocenters. The zero-order valence-electron chi connectivity index (χ0n) is 8.05. The first-order valence-electron chi connectivity index (χ1n) is 4.19. The molecule has 0 amide bonds. The molecule has 0 saturated carbocycles. The van der Waals surface area contributed by atoms with Gasteiger partial charge in [-0.2, -0.15) is 13.2 Å². The van der Waals surface area contributed by atoms with Gasteiger partial charge in [-0.1, -0.05) is 24.3 Å². The van der Waals surface area contributed by atoms with Gasteiger partial charge in [-0.3, -0.25) is 12.9 Å². The first kappa shape index (κ1) is 13.4. The highest BCUT2D eigenvalue weighted by Crippen LogP contribution is 2.27. The van der Waals surface area contributed by atoms with Crippen LogP contribution in [0.15, 0.2) is 24.3 Å². The molecule has 17 heavy (non-hydrogen) atoms. The molecular formula is C8H4BF6N2-. The predicted molar refractivity (Wildman–Crippen MR) is 49.1 cm³/mol. The first-order chi connectivity index (χ1) is 7.80. The first-order valence-corrected chi connectivity index (χ1v) is 4.19. The minimum absolute atomic E-state index is 0.273. The van der Waals surface area contributed by atoms with E-state index >= 15 is 0 Å². The second kappa shape index (κ2) is 5.11. The van der Waals surface area contributed by atoms with E-state index in [1.54, 1.807) is 12.1 Å². The Kier molecular flexibility index (Phi) is 4.03. The zero-order valence-corrected chi connectivity index (χ0v) is 8.05. The summed E-state index contributed by atoms with van der Waals surface area (Å²) in [5.41, 5.74) is 0.546. The topological polar surface area (TPSA) is 27.0 Å². The SMILES string of the molecule is FB(F)F.FC(F)(F)c1nc2ccccc2[n-]1. The van der Waals surface area contributed by atoms with Gasteiger partial charge in [0.25, 0.3) is 0 Å². The van der Waals surface area contributed by atoms with Gasteiger partial charge in [-0.05, 0) is 11.0 Å². The Morgan fingerprint density at radius 2 is 1.59 bits per heavy atom. The van der Waals surface area contributed by atoms with E-state index in [9.17, 15) is 26.1 Å². The maximum absolute atomic E-state index is 12.1. The Balaban J connectivity index is 0.000000317. The lowest BCUT2D eigenvalue weighted by Crippen LogP contribution is -2.08. The Hall–Kier alpha value is -1.67. The molecule has 0 N–H and O–H groups in total. The van der Waals surface area contributed by atoms with E-state index in [-0.39, 0.29) is 11.0 Å². The van der Waals surface area contributed by atoms with Crippen molar-refractivity contribution >= 4 is 18.6 Å². The third-order valence-corrected chi connectivity index (χ3v) is 1.59. The van der Waals surface area contributed by atoms with Crippen LogP contribution in [0, 0.1) is 0 Å². The van der Waals surface area contributed by atoms with Crippen molar-refractivity contribution in [3.63, 3.8) is 0 Å². The van der Waals surface area contributed by atoms with Crippen LogP contribution in [0.1, 0.15) is 5.82 Å². The molecule has 0 aliphatic heterocycles. The minimum atomic E-state index is -4.46. The number of imidazole rings is 1. The molecular weight excluding hydrogens is 249 g/mol. The fraction of sp³-hybridized carbons (Fsp3) is 0.125. The number of benzene rings is 1. The highest BCUT2D eigenvalue weighted by molar-refractivity contribution is 6.33. The van der Waals surface area contributed by atoms with Crippen LogP contribution in [0.4, 0.5) is 26.1 Å². The van der Waals surface area contributed by atoms with Crippen LogP contribution >= 0.6 is 0 Å². The van der Waals surface area contributed by atoms with Gasteiger partial charge in [0.05, 0.1) is 0 Å². The van der Waals surface area contributed by atoms with E-state index in [0.29, 0.717) is 0 Å². The largest absolute Gasteiger partial charge is 0.762 e. The lowest BCUT2D eigenvalue weighted by atomic mass is 10.3. The number of halogens is 6. The van der Waals surface area contributed by atoms with Crippen LogP contribution in [0.5, 0.6) is 0 Å². The van der Waals surface area contributed by atoms with Gasteiger partial charge in [0, 0.05) is 5.82 Å². The van der Waals surface area contributed by atoms with Crippen LogP contribution in [0.2, 0.25) is 0 Å². The fourth-order valence-corrected chi connectivity index (χ4v) is 1.03. The molecule has 92 valence electrons. The highest BCUT2D eigenvalue weighted by atomic mass is 19.4. The molecule has 0 fully saturated rings. The molecule has 0 aliphatic rings. The third kappa shape index (κ3) is 4.01. The van der Waals surface area contributed by atoms with Crippen molar-refractivity contribution in [3.8, 4) is 0 Å². The van der Waals surface area contributed by atoms with Gasteiger partial charge < -0.3 is 9.97 Å². The van der Waals surface area contributed by atoms with Gasteiger partial charge in [0.1, 0.15) is 0 Å². The quantitative estimate of drug-likeness (QED) is 0.532. The van der Waals surface area contributed by atoms with E-state index in [2.05, 4.69) is 9.97 Å². The van der Waals surface area contributed by atoms with Gasteiger partial charge in [0.15, 0.2) is 0 Å². The van der Waals surface area contributed by atoms with Crippen molar-refractivity contribution < 1.29 is 26.1 Å². The van der Waals surface area contributed by atoms with Gasteiger partial charge in [-0.15, -0.1) is 0 Å². The molecule has 0 radical (unpaired) electrons. The van der Waals surface area contributed by atoms with Crippen LogP contribution in [-0.4, -0.2) is 12.5 Å². The molecule has 2 aromatic rings. The summed E-state index contributed by atoms with van der Waals surface area (Å²) in [6.07, 6.45) is -4.46. The summed E-state index contributed by atoms with van der Waals surface area (Å²) >= 11 is 0. The summed E-state index contributed by atoms with van der Waals surface area (Å²) in [5.74, 6) is -1.08. The number of nitrogens with zero attached hydrogens (tertiary/aromatic N) is 2. The minimum Gasteiger partial charge on any atom is -0.432 e. The smallest absolute Gasteiger partial charge is 0.432 e. The summed E-state index contributed by atoms with van der Waals surface area (Å²) in [7, 11) is -3.67. The van der Waals surface area contributed by atoms with Crippen molar-refractivity contribution in [1.29, 1.82) is 0 Å². The molecule has 1 heterocycles. The summed E-state index contributed by atoms with van der Waals surface area (Å²) in [6, 6.07) is 6.24. The number of hydrogen-bond acceptors (Lipinski definition) is 1. The van der Waals surface area contributed by atoms with Crippen LogP contribution in [0.25, 0.3) is 11.0 Å². The molecule has 0 aliphatic carbocycles. The Bertz CT molecular complexity index is 444. The molecule has 0 spiro atoms. The fourth-order valence-electron chi connectivity index (χ4n) is 1.03. The highest BCUT2D eigenvalue weighted by Gasteiger charge is 2.27. The van der Waals surface area contributed by atoms with E-state index in [1.807, 2.05) is 0 Å². The molecule has 9 heteroatoms. The Morgan fingerprint density at radius 1 is 1.06 bits per heavy atom. The molecule has 1 aromatic heterocycles. The Labute approximate surface area is 91.9 Å². The summed E-state index contributed by atoms with van der Waals surface area (Å²) in [6.45, 7) is 0. The van der Waals surface area contributed by atoms with E-state index in [1.165, 1.54) is 12.1 Å². The average molecular weight is 253 g/mol. The van der Waals surface area contributed by atoms with Crippen LogP contribution in [-0.2, 0) is 6.18 Å². The van der Waals surface area contributed by atoms with Crippen LogP contribution in [0.3, 0.4) is 0 Å². The standard InChI is InChI=1S/C8H4F3N2.BF3/c9-8(10,11)7-12-5-3-1-2-4-6(5)13-7;2-1(3)4/h1-4H;/q-1;. The lowest BCUT2D eigenvalue weighted by Gasteiger charge is -2.07. The van der Waals surface area contributed by atoms with E-state index < -0.39 is 19.5 Å². The van der Waals surface area contributed by atoms with Crippen LogP contribution < -0.4 is 4.98 Å². The molecule has 2 nitrogen and oxygen atoms in total. The number of para-hydroxylation sites is 2. The zero-order chi connectivity index (χ0) is 13.1. The molecule has 0 bridgehead atoms. The number of hydrogen-bond donors (Lipinski definition) is 0.